The van der Waals surface area contributed by atoms with Crippen LogP contribution in [0.15, 0.2) is 94.4 Å². The molecule has 0 saturated heterocycles. The Morgan fingerprint density at radius 1 is 0.904 bits per heavy atom. The SMILES string of the molecule is C[N+]1=C(/C=C/C=C/C=C2\N(CCCCCC(=O)NCCN3C(=O)C=CC3=O)c3ccc(S(=O)O)cc3C2(C)C)C(C)(C)c2cc(S(=O)(=O)O)ccc21. The van der Waals surface area contributed by atoms with Crippen molar-refractivity contribution in [2.75, 3.05) is 31.6 Å². The van der Waals surface area contributed by atoms with E-state index in [2.05, 4.69) is 24.1 Å². The number of nitrogens with zero attached hydrogens (tertiary/aromatic N) is 3. The summed E-state index contributed by atoms with van der Waals surface area (Å²) in [5.74, 6) is -0.890. The third kappa shape index (κ3) is 7.94. The molecule has 0 bridgehead atoms. The number of hydrogen-bond donors (Lipinski definition) is 3. The van der Waals surface area contributed by atoms with E-state index in [1.807, 2.05) is 61.9 Å². The van der Waals surface area contributed by atoms with Gasteiger partial charge in [-0.25, -0.2) is 4.21 Å². The second-order valence-electron chi connectivity index (χ2n) is 14.0. The molecule has 2 aromatic carbocycles. The molecule has 3 aliphatic rings. The van der Waals surface area contributed by atoms with E-state index in [-0.39, 0.29) is 35.7 Å². The van der Waals surface area contributed by atoms with Crippen molar-refractivity contribution in [2.24, 2.45) is 0 Å². The fraction of sp³-hybridized carbons (Fsp3) is 0.368. The first-order chi connectivity index (χ1) is 24.4. The van der Waals surface area contributed by atoms with Gasteiger partial charge in [-0.2, -0.15) is 13.0 Å². The summed E-state index contributed by atoms with van der Waals surface area (Å²) >= 11 is -2.12. The van der Waals surface area contributed by atoms with Gasteiger partial charge in [-0.3, -0.25) is 23.8 Å². The predicted molar refractivity (Wildman–Crippen MR) is 200 cm³/mol. The highest BCUT2D eigenvalue weighted by molar-refractivity contribution is 7.85. The van der Waals surface area contributed by atoms with Gasteiger partial charge in [-0.15, -0.1) is 0 Å². The molecule has 0 aliphatic carbocycles. The van der Waals surface area contributed by atoms with Crippen molar-refractivity contribution in [3.63, 3.8) is 0 Å². The van der Waals surface area contributed by atoms with E-state index in [0.29, 0.717) is 24.3 Å². The maximum absolute atomic E-state index is 12.4. The van der Waals surface area contributed by atoms with Crippen LogP contribution in [-0.4, -0.2) is 81.3 Å². The molecular formula is C38H45N4O8S2+. The van der Waals surface area contributed by atoms with Crippen molar-refractivity contribution in [3.05, 3.63) is 95.8 Å². The molecular weight excluding hydrogens is 705 g/mol. The minimum Gasteiger partial charge on any atom is -0.354 e. The molecule has 0 aromatic heterocycles. The lowest BCUT2D eigenvalue weighted by Crippen LogP contribution is -2.38. The van der Waals surface area contributed by atoms with E-state index in [9.17, 15) is 36.1 Å². The molecule has 3 aliphatic heterocycles. The zero-order chi connectivity index (χ0) is 38.0. The summed E-state index contributed by atoms with van der Waals surface area (Å²) in [4.78, 5) is 39.2. The largest absolute Gasteiger partial charge is 0.354 e. The van der Waals surface area contributed by atoms with Crippen LogP contribution in [0.3, 0.4) is 0 Å². The number of fused-ring (bicyclic) bond motifs is 2. The lowest BCUT2D eigenvalue weighted by molar-refractivity contribution is -0.401. The standard InChI is InChI=1S/C38H44N4O8S2/c1-37(2)29-25-27(52(48,49)50)16-18-30(29)40(5)32(37)12-8-6-9-13-33-38(3,4)28-24-26(51(46)47)15-17-31(28)41(33)22-11-7-10-14-34(43)39-21-23-42-35(44)19-20-36(42)45/h6,8-9,12-13,15-20,24-25H,7,10-11,14,21-23H2,1-5H3,(H2-,39,43,46,47,48,49,50)/p+1. The van der Waals surface area contributed by atoms with Gasteiger partial charge in [0.25, 0.3) is 21.9 Å². The molecule has 1 atom stereocenters. The zero-order valence-corrected chi connectivity index (χ0v) is 31.6. The lowest BCUT2D eigenvalue weighted by atomic mass is 9.81. The average molecular weight is 750 g/mol. The van der Waals surface area contributed by atoms with Crippen LogP contribution in [0.25, 0.3) is 0 Å². The Morgan fingerprint density at radius 2 is 1.62 bits per heavy atom. The fourth-order valence-electron chi connectivity index (χ4n) is 7.12. The second-order valence-corrected chi connectivity index (χ2v) is 16.4. The molecule has 1 unspecified atom stereocenters. The number of carbonyl (C=O) groups is 3. The molecule has 5 rings (SSSR count). The van der Waals surface area contributed by atoms with Crippen molar-refractivity contribution in [2.45, 2.75) is 74.0 Å². The monoisotopic (exact) mass is 749 g/mol. The second kappa shape index (κ2) is 15.2. The van der Waals surface area contributed by atoms with E-state index in [4.69, 9.17) is 0 Å². The quantitative estimate of drug-likeness (QED) is 0.0608. The van der Waals surface area contributed by atoms with Gasteiger partial charge in [-0.05, 0) is 68.7 Å². The fourth-order valence-corrected chi connectivity index (χ4v) is 8.03. The number of anilines is 1. The van der Waals surface area contributed by atoms with Crippen molar-refractivity contribution in [1.82, 2.24) is 10.2 Å². The van der Waals surface area contributed by atoms with Crippen LogP contribution >= 0.6 is 0 Å². The van der Waals surface area contributed by atoms with Gasteiger partial charge in [0.1, 0.15) is 7.05 Å². The van der Waals surface area contributed by atoms with Crippen LogP contribution in [0.2, 0.25) is 0 Å². The van der Waals surface area contributed by atoms with E-state index in [1.165, 1.54) is 24.3 Å². The Bertz CT molecular complexity index is 2080. The zero-order valence-electron chi connectivity index (χ0n) is 30.0. The molecule has 12 nitrogen and oxygen atoms in total. The molecule has 3 N–H and O–H groups in total. The predicted octanol–water partition coefficient (Wildman–Crippen LogP) is 4.92. The minimum atomic E-state index is -4.34. The molecule has 0 saturated carbocycles. The molecule has 14 heteroatoms. The van der Waals surface area contributed by atoms with Gasteiger partial charge in [-0.1, -0.05) is 38.5 Å². The first kappa shape index (κ1) is 38.7. The highest BCUT2D eigenvalue weighted by atomic mass is 32.2. The number of imide groups is 1. The number of rotatable bonds is 14. The summed E-state index contributed by atoms with van der Waals surface area (Å²) in [5.41, 5.74) is 4.54. The molecule has 52 heavy (non-hydrogen) atoms. The summed E-state index contributed by atoms with van der Waals surface area (Å²) in [6.07, 6.45) is 14.8. The highest BCUT2D eigenvalue weighted by Crippen LogP contribution is 2.48. The highest BCUT2D eigenvalue weighted by Gasteiger charge is 2.44. The number of carbonyl (C=O) groups excluding carboxylic acids is 3. The maximum Gasteiger partial charge on any atom is 0.294 e. The van der Waals surface area contributed by atoms with Gasteiger partial charge in [0.2, 0.25) is 11.6 Å². The normalized spacial score (nSPS) is 19.1. The Morgan fingerprint density at radius 3 is 2.29 bits per heavy atom. The third-order valence-corrected chi connectivity index (χ3v) is 11.4. The molecule has 3 heterocycles. The molecule has 0 fully saturated rings. The van der Waals surface area contributed by atoms with Gasteiger partial charge >= 0.3 is 0 Å². The topological polar surface area (TPSA) is 164 Å². The van der Waals surface area contributed by atoms with E-state index >= 15 is 0 Å². The van der Waals surface area contributed by atoms with Gasteiger partial charge < -0.3 is 14.8 Å². The summed E-state index contributed by atoms with van der Waals surface area (Å²) in [6.45, 7) is 9.18. The Balaban J connectivity index is 1.25. The van der Waals surface area contributed by atoms with Crippen LogP contribution in [0.1, 0.15) is 64.5 Å². The van der Waals surface area contributed by atoms with Gasteiger partial charge in [0, 0.05) is 72.7 Å². The first-order valence-corrected chi connectivity index (χ1v) is 19.6. The number of unbranched alkanes of at least 4 members (excludes halogenated alkanes) is 2. The summed E-state index contributed by atoms with van der Waals surface area (Å²) in [7, 11) is -2.42. The summed E-state index contributed by atoms with van der Waals surface area (Å²) < 4.78 is 56.9. The molecule has 3 amide bonds. The molecule has 0 radical (unpaired) electrons. The molecule has 2 aromatic rings. The molecule has 0 spiro atoms. The number of amides is 3. The minimum absolute atomic E-state index is 0.134. The summed E-state index contributed by atoms with van der Waals surface area (Å²) in [5, 5.41) is 2.77. The van der Waals surface area contributed by atoms with Crippen LogP contribution < -0.4 is 10.2 Å². The van der Waals surface area contributed by atoms with Crippen LogP contribution in [0.5, 0.6) is 0 Å². The van der Waals surface area contributed by atoms with Crippen molar-refractivity contribution in [1.29, 1.82) is 0 Å². The van der Waals surface area contributed by atoms with E-state index < -0.39 is 32.0 Å². The molecule has 276 valence electrons. The van der Waals surface area contributed by atoms with Crippen molar-refractivity contribution >= 4 is 56.0 Å². The lowest BCUT2D eigenvalue weighted by Gasteiger charge is -2.27. The Kier molecular flexibility index (Phi) is 11.3. The number of nitrogens with one attached hydrogen (secondary N) is 1. The van der Waals surface area contributed by atoms with Crippen LogP contribution in [0.4, 0.5) is 11.4 Å². The van der Waals surface area contributed by atoms with Gasteiger partial charge in [0.15, 0.2) is 16.8 Å². The van der Waals surface area contributed by atoms with Gasteiger partial charge in [0.05, 0.1) is 15.2 Å². The maximum atomic E-state index is 12.4. The average Bonchev–Trinajstić information content (AvgIpc) is 3.58. The number of allylic oxidation sites excluding steroid dienone is 6. The first-order valence-electron chi connectivity index (χ1n) is 17.1. The third-order valence-electron chi connectivity index (χ3n) is 9.94. The number of hydrogen-bond acceptors (Lipinski definition) is 7. The Labute approximate surface area is 307 Å². The van der Waals surface area contributed by atoms with Crippen molar-refractivity contribution in [3.8, 4) is 0 Å². The van der Waals surface area contributed by atoms with E-state index in [1.54, 1.807) is 18.2 Å². The summed E-state index contributed by atoms with van der Waals surface area (Å²) in [6, 6.07) is 9.94. The van der Waals surface area contributed by atoms with E-state index in [0.717, 1.165) is 51.7 Å². The van der Waals surface area contributed by atoms with Crippen molar-refractivity contribution < 1.29 is 40.7 Å². The van der Waals surface area contributed by atoms with Crippen LogP contribution in [-0.2, 0) is 46.4 Å². The van der Waals surface area contributed by atoms with Crippen LogP contribution in [0, 0.1) is 0 Å². The Hall–Kier alpha value is -4.50. The number of benzene rings is 2. The smallest absolute Gasteiger partial charge is 0.294 e.